The molecule has 3 N–H and O–H groups in total. The molecule has 25 heavy (non-hydrogen) atoms. The van der Waals surface area contributed by atoms with Crippen molar-refractivity contribution in [2.24, 2.45) is 0 Å². The third-order valence-electron chi connectivity index (χ3n) is 3.66. The summed E-state index contributed by atoms with van der Waals surface area (Å²) >= 11 is 5.76. The third-order valence-corrected chi connectivity index (χ3v) is 3.87. The van der Waals surface area contributed by atoms with Gasteiger partial charge in [-0.1, -0.05) is 23.7 Å². The number of halogens is 2. The van der Waals surface area contributed by atoms with Crippen LogP contribution in [-0.4, -0.2) is 32.0 Å². The van der Waals surface area contributed by atoms with Crippen LogP contribution in [0.1, 0.15) is 28.5 Å². The highest BCUT2D eigenvalue weighted by Gasteiger charge is 2.18. The third kappa shape index (κ3) is 3.70. The van der Waals surface area contributed by atoms with Crippen LogP contribution in [0.5, 0.6) is 0 Å². The van der Waals surface area contributed by atoms with Crippen LogP contribution in [0.15, 0.2) is 41.3 Å². The molecule has 3 rings (SSSR count). The molecule has 0 saturated heterocycles. The molecule has 0 aliphatic heterocycles. The van der Waals surface area contributed by atoms with Gasteiger partial charge >= 0.3 is 5.69 Å². The fourth-order valence-electron chi connectivity index (χ4n) is 2.46. The number of amides is 1. The summed E-state index contributed by atoms with van der Waals surface area (Å²) in [6.07, 6.45) is 1.54. The number of H-pyrrole nitrogens is 1. The van der Waals surface area contributed by atoms with E-state index >= 15 is 0 Å². The molecular formula is C16H14ClFN4O3. The number of imidazole rings is 1. The van der Waals surface area contributed by atoms with Gasteiger partial charge in [0.1, 0.15) is 22.3 Å². The highest BCUT2D eigenvalue weighted by molar-refractivity contribution is 6.29. The monoisotopic (exact) mass is 364 g/mol. The molecule has 3 aromatic rings. The molecule has 0 fully saturated rings. The zero-order valence-electron chi connectivity index (χ0n) is 12.9. The van der Waals surface area contributed by atoms with Gasteiger partial charge in [0.25, 0.3) is 5.91 Å². The Kier molecular flexibility index (Phi) is 4.82. The molecule has 0 aliphatic carbocycles. The standard InChI is InChI=1S/C16H14ClFN4O3/c17-13-7-14-19-12(8-22(14)16(25)21-13)15(24)20-11(5-6-23)9-1-3-10(18)4-2-9/h1-4,7-8,11,23H,5-6H2,(H,20,24)(H,21,25)/t11-/m1/s1. The van der Waals surface area contributed by atoms with E-state index in [4.69, 9.17) is 11.6 Å². The van der Waals surface area contributed by atoms with Crippen LogP contribution >= 0.6 is 11.6 Å². The number of aromatic amines is 1. The van der Waals surface area contributed by atoms with E-state index in [-0.39, 0.29) is 29.5 Å². The van der Waals surface area contributed by atoms with Gasteiger partial charge in [0, 0.05) is 18.9 Å². The second-order valence-electron chi connectivity index (χ2n) is 5.37. The second-order valence-corrected chi connectivity index (χ2v) is 5.77. The summed E-state index contributed by atoms with van der Waals surface area (Å²) in [6.45, 7) is -0.164. The van der Waals surface area contributed by atoms with Gasteiger partial charge in [-0.05, 0) is 24.1 Å². The van der Waals surface area contributed by atoms with Crippen molar-refractivity contribution >= 4 is 23.2 Å². The SMILES string of the molecule is O=C(N[C@H](CCO)c1ccc(F)cc1)c1cn2c(=O)[nH]c(Cl)cc2n1. The zero-order chi connectivity index (χ0) is 18.0. The molecule has 7 nitrogen and oxygen atoms in total. The average Bonchev–Trinajstić information content (AvgIpc) is 2.99. The number of benzene rings is 1. The van der Waals surface area contributed by atoms with Crippen molar-refractivity contribution in [3.8, 4) is 0 Å². The first-order valence-electron chi connectivity index (χ1n) is 7.43. The fraction of sp³-hybridized carbons (Fsp3) is 0.188. The minimum Gasteiger partial charge on any atom is -0.396 e. The Bertz CT molecular complexity index is 968. The summed E-state index contributed by atoms with van der Waals surface area (Å²) in [5.74, 6) is -0.920. The van der Waals surface area contributed by atoms with Gasteiger partial charge in [-0.25, -0.2) is 14.2 Å². The number of aliphatic hydroxyl groups excluding tert-OH is 1. The van der Waals surface area contributed by atoms with Crippen LogP contribution in [0.3, 0.4) is 0 Å². The zero-order valence-corrected chi connectivity index (χ0v) is 13.6. The molecule has 0 bridgehead atoms. The molecule has 1 aromatic carbocycles. The lowest BCUT2D eigenvalue weighted by molar-refractivity contribution is 0.0925. The van der Waals surface area contributed by atoms with Gasteiger partial charge in [0.05, 0.1) is 6.04 Å². The van der Waals surface area contributed by atoms with E-state index in [0.29, 0.717) is 5.56 Å². The molecular weight excluding hydrogens is 351 g/mol. The lowest BCUT2D eigenvalue weighted by atomic mass is 10.0. The summed E-state index contributed by atoms with van der Waals surface area (Å²) < 4.78 is 14.2. The maximum absolute atomic E-state index is 13.1. The van der Waals surface area contributed by atoms with Crippen molar-refractivity contribution in [2.45, 2.75) is 12.5 Å². The number of hydrogen-bond acceptors (Lipinski definition) is 4. The number of rotatable bonds is 5. The number of aromatic nitrogens is 3. The Hall–Kier alpha value is -2.71. The van der Waals surface area contributed by atoms with Crippen LogP contribution in [0, 0.1) is 5.82 Å². The van der Waals surface area contributed by atoms with Gasteiger partial charge < -0.3 is 10.4 Å². The van der Waals surface area contributed by atoms with Gasteiger partial charge in [0.15, 0.2) is 0 Å². The second kappa shape index (κ2) is 7.04. The molecule has 1 atom stereocenters. The van der Waals surface area contributed by atoms with E-state index in [0.717, 1.165) is 0 Å². The summed E-state index contributed by atoms with van der Waals surface area (Å²) in [7, 11) is 0. The Labute approximate surface area is 146 Å². The molecule has 0 saturated carbocycles. The number of hydrogen-bond donors (Lipinski definition) is 3. The Morgan fingerprint density at radius 3 is 2.80 bits per heavy atom. The van der Waals surface area contributed by atoms with Gasteiger partial charge in [-0.15, -0.1) is 0 Å². The molecule has 0 unspecified atom stereocenters. The average molecular weight is 365 g/mol. The minimum atomic E-state index is -0.526. The van der Waals surface area contributed by atoms with E-state index in [1.807, 2.05) is 0 Å². The van der Waals surface area contributed by atoms with Crippen molar-refractivity contribution < 1.29 is 14.3 Å². The van der Waals surface area contributed by atoms with Crippen LogP contribution in [0.4, 0.5) is 4.39 Å². The lowest BCUT2D eigenvalue weighted by Gasteiger charge is -2.17. The number of carbonyl (C=O) groups is 1. The van der Waals surface area contributed by atoms with Crippen LogP contribution in [0.2, 0.25) is 5.15 Å². The molecule has 1 amide bonds. The fourth-order valence-corrected chi connectivity index (χ4v) is 2.64. The van der Waals surface area contributed by atoms with Crippen LogP contribution in [0.25, 0.3) is 5.65 Å². The van der Waals surface area contributed by atoms with Gasteiger partial charge in [-0.3, -0.25) is 14.2 Å². The van der Waals surface area contributed by atoms with Crippen molar-refractivity contribution in [1.82, 2.24) is 19.7 Å². The van der Waals surface area contributed by atoms with Crippen molar-refractivity contribution in [2.75, 3.05) is 6.61 Å². The van der Waals surface area contributed by atoms with Crippen LogP contribution in [-0.2, 0) is 0 Å². The van der Waals surface area contributed by atoms with Gasteiger partial charge in [0.2, 0.25) is 0 Å². The summed E-state index contributed by atoms with van der Waals surface area (Å²) in [5.41, 5.74) is 0.394. The minimum absolute atomic E-state index is 0.0258. The predicted octanol–water partition coefficient (Wildman–Crippen LogP) is 1.67. The van der Waals surface area contributed by atoms with E-state index in [9.17, 15) is 19.1 Å². The number of nitrogens with zero attached hydrogens (tertiary/aromatic N) is 2. The molecule has 0 radical (unpaired) electrons. The number of aliphatic hydroxyl groups is 1. The molecule has 130 valence electrons. The maximum atomic E-state index is 13.1. The Balaban J connectivity index is 1.87. The van der Waals surface area contributed by atoms with E-state index in [2.05, 4.69) is 15.3 Å². The first-order valence-corrected chi connectivity index (χ1v) is 7.81. The highest BCUT2D eigenvalue weighted by atomic mass is 35.5. The number of carbonyl (C=O) groups excluding carboxylic acids is 1. The number of fused-ring (bicyclic) bond motifs is 1. The topological polar surface area (TPSA) is 99.5 Å². The van der Waals surface area contributed by atoms with Crippen LogP contribution < -0.4 is 11.0 Å². The maximum Gasteiger partial charge on any atom is 0.332 e. The molecule has 2 aromatic heterocycles. The van der Waals surface area contributed by atoms with Gasteiger partial charge in [-0.2, -0.15) is 0 Å². The summed E-state index contributed by atoms with van der Waals surface area (Å²) in [4.78, 5) is 30.7. The quantitative estimate of drug-likeness (QED) is 0.599. The van der Waals surface area contributed by atoms with E-state index in [1.165, 1.54) is 40.9 Å². The van der Waals surface area contributed by atoms with Crippen molar-refractivity contribution in [3.05, 3.63) is 69.2 Å². The van der Waals surface area contributed by atoms with Crippen molar-refractivity contribution in [3.63, 3.8) is 0 Å². The summed E-state index contributed by atoms with van der Waals surface area (Å²) in [5, 5.41) is 12.0. The molecule has 9 heteroatoms. The number of nitrogens with one attached hydrogen (secondary N) is 2. The Morgan fingerprint density at radius 1 is 1.40 bits per heavy atom. The first-order chi connectivity index (χ1) is 12.0. The molecule has 0 spiro atoms. The smallest absolute Gasteiger partial charge is 0.332 e. The van der Waals surface area contributed by atoms with Crippen molar-refractivity contribution in [1.29, 1.82) is 0 Å². The predicted molar refractivity (Wildman–Crippen MR) is 89.1 cm³/mol. The van der Waals surface area contributed by atoms with E-state index in [1.54, 1.807) is 0 Å². The normalized spacial score (nSPS) is 12.3. The Morgan fingerprint density at radius 2 is 2.12 bits per heavy atom. The largest absolute Gasteiger partial charge is 0.396 e. The van der Waals surface area contributed by atoms with E-state index < -0.39 is 23.5 Å². The highest BCUT2D eigenvalue weighted by Crippen LogP contribution is 2.18. The first kappa shape index (κ1) is 17.1. The molecule has 0 aliphatic rings. The molecule has 2 heterocycles. The summed E-state index contributed by atoms with van der Waals surface area (Å²) in [6, 6.07) is 6.51. The lowest BCUT2D eigenvalue weighted by Crippen LogP contribution is -2.29.